The number of fused-ring (bicyclic) bond motifs is 1. The van der Waals surface area contributed by atoms with Crippen molar-refractivity contribution in [3.05, 3.63) is 0 Å². The summed E-state index contributed by atoms with van der Waals surface area (Å²) < 4.78 is 10.2. The highest BCUT2D eigenvalue weighted by Gasteiger charge is 2.49. The molecule has 2 aliphatic heterocycles. The summed E-state index contributed by atoms with van der Waals surface area (Å²) in [4.78, 5) is 0. The number of rotatable bonds is 1. The molecule has 14 heavy (non-hydrogen) atoms. The summed E-state index contributed by atoms with van der Waals surface area (Å²) >= 11 is 0. The molecule has 82 valence electrons. The zero-order chi connectivity index (χ0) is 10.3. The van der Waals surface area contributed by atoms with Crippen LogP contribution in [0, 0.1) is 0 Å². The van der Waals surface area contributed by atoms with Crippen molar-refractivity contribution < 1.29 is 29.9 Å². The van der Waals surface area contributed by atoms with Gasteiger partial charge in [0.2, 0.25) is 0 Å². The number of aliphatic hydroxyl groups excluding tert-OH is 4. The van der Waals surface area contributed by atoms with Gasteiger partial charge in [-0.05, 0) is 0 Å². The van der Waals surface area contributed by atoms with Crippen LogP contribution >= 0.6 is 0 Å². The molecule has 0 radical (unpaired) electrons. The normalized spacial score (nSPS) is 53.1. The van der Waals surface area contributed by atoms with Gasteiger partial charge in [-0.1, -0.05) is 0 Å². The van der Waals surface area contributed by atoms with Crippen LogP contribution in [0.2, 0.25) is 0 Å². The predicted molar refractivity (Wildman–Crippen MR) is 43.3 cm³/mol. The Kier molecular flexibility index (Phi) is 2.74. The van der Waals surface area contributed by atoms with Gasteiger partial charge in [-0.2, -0.15) is 0 Å². The molecule has 2 rings (SSSR count). The smallest absolute Gasteiger partial charge is 0.157 e. The number of hydrogen-bond acceptors (Lipinski definition) is 6. The van der Waals surface area contributed by atoms with Gasteiger partial charge in [-0.25, -0.2) is 0 Å². The molecule has 2 fully saturated rings. The minimum Gasteiger partial charge on any atom is -0.394 e. The lowest BCUT2D eigenvalue weighted by Gasteiger charge is -2.38. The summed E-state index contributed by atoms with van der Waals surface area (Å²) in [6.07, 6.45) is -4.98. The molecule has 4 N–H and O–H groups in total. The molecular formula is C8H14O6. The lowest BCUT2D eigenvalue weighted by molar-refractivity contribution is -0.226. The summed E-state index contributed by atoms with van der Waals surface area (Å²) in [5, 5.41) is 37.1. The Hall–Kier alpha value is -0.240. The van der Waals surface area contributed by atoms with E-state index in [2.05, 4.69) is 0 Å². The van der Waals surface area contributed by atoms with Crippen molar-refractivity contribution in [1.29, 1.82) is 0 Å². The lowest BCUT2D eigenvalue weighted by atomic mass is 9.95. The van der Waals surface area contributed by atoms with E-state index in [0.29, 0.717) is 0 Å². The first kappa shape index (κ1) is 10.3. The predicted octanol–water partition coefficient (Wildman–Crippen LogP) is -2.42. The molecule has 0 aromatic rings. The molecule has 0 aromatic carbocycles. The number of ether oxygens (including phenoxy) is 2. The maximum absolute atomic E-state index is 9.59. The highest BCUT2D eigenvalue weighted by Crippen LogP contribution is 2.32. The SMILES string of the molecule is OCC1O[C@@H]2CC(O)O[C@@H]2C(O)C1O. The van der Waals surface area contributed by atoms with Crippen molar-refractivity contribution in [2.45, 2.75) is 43.2 Å². The Labute approximate surface area is 80.7 Å². The Morgan fingerprint density at radius 3 is 2.43 bits per heavy atom. The molecule has 0 amide bonds. The van der Waals surface area contributed by atoms with Crippen molar-refractivity contribution in [1.82, 2.24) is 0 Å². The van der Waals surface area contributed by atoms with Crippen LogP contribution in [-0.4, -0.2) is 63.8 Å². The first-order valence-electron chi connectivity index (χ1n) is 4.59. The van der Waals surface area contributed by atoms with Crippen LogP contribution < -0.4 is 0 Å². The fourth-order valence-electron chi connectivity index (χ4n) is 1.96. The minimum atomic E-state index is -1.17. The zero-order valence-electron chi connectivity index (χ0n) is 7.48. The van der Waals surface area contributed by atoms with Gasteiger partial charge in [0, 0.05) is 6.42 Å². The van der Waals surface area contributed by atoms with Crippen LogP contribution in [0.15, 0.2) is 0 Å². The van der Waals surface area contributed by atoms with Crippen molar-refractivity contribution in [3.63, 3.8) is 0 Å². The quantitative estimate of drug-likeness (QED) is 0.381. The summed E-state index contributed by atoms with van der Waals surface area (Å²) in [6, 6.07) is 0. The molecule has 2 saturated heterocycles. The van der Waals surface area contributed by atoms with E-state index in [1.807, 2.05) is 0 Å². The fraction of sp³-hybridized carbons (Fsp3) is 1.00. The highest BCUT2D eigenvalue weighted by atomic mass is 16.7. The van der Waals surface area contributed by atoms with E-state index in [1.54, 1.807) is 0 Å². The topological polar surface area (TPSA) is 99.4 Å². The van der Waals surface area contributed by atoms with E-state index in [1.165, 1.54) is 0 Å². The third-order valence-electron chi connectivity index (χ3n) is 2.71. The van der Waals surface area contributed by atoms with E-state index >= 15 is 0 Å². The Bertz CT molecular complexity index is 208. The van der Waals surface area contributed by atoms with Crippen LogP contribution in [0.4, 0.5) is 0 Å². The second kappa shape index (κ2) is 3.73. The molecule has 0 bridgehead atoms. The molecular weight excluding hydrogens is 192 g/mol. The molecule has 6 heteroatoms. The molecule has 0 aliphatic carbocycles. The standard InChI is InChI=1S/C8H14O6/c9-2-4-6(11)7(12)8-3(13-4)1-5(10)14-8/h3-12H,1-2H2/t3-,4?,5?,6?,7?,8+/m1/s1. The van der Waals surface area contributed by atoms with E-state index in [0.717, 1.165) is 0 Å². The van der Waals surface area contributed by atoms with Crippen LogP contribution in [0.3, 0.4) is 0 Å². The van der Waals surface area contributed by atoms with Crippen molar-refractivity contribution in [2.24, 2.45) is 0 Å². The summed E-state index contributed by atoms with van der Waals surface area (Å²) in [5.74, 6) is 0. The third kappa shape index (κ3) is 1.54. The Morgan fingerprint density at radius 2 is 1.79 bits per heavy atom. The third-order valence-corrected chi connectivity index (χ3v) is 2.71. The van der Waals surface area contributed by atoms with Gasteiger partial charge < -0.3 is 29.9 Å². The van der Waals surface area contributed by atoms with Crippen LogP contribution in [0.5, 0.6) is 0 Å². The van der Waals surface area contributed by atoms with E-state index < -0.39 is 36.8 Å². The second-order valence-corrected chi connectivity index (χ2v) is 3.67. The minimum absolute atomic E-state index is 0.255. The first-order valence-corrected chi connectivity index (χ1v) is 4.59. The Balaban J connectivity index is 2.09. The monoisotopic (exact) mass is 206 g/mol. The van der Waals surface area contributed by atoms with E-state index in [-0.39, 0.29) is 13.0 Å². The molecule has 0 saturated carbocycles. The van der Waals surface area contributed by atoms with E-state index in [4.69, 9.17) is 19.7 Å². The maximum Gasteiger partial charge on any atom is 0.157 e. The largest absolute Gasteiger partial charge is 0.394 e. The van der Waals surface area contributed by atoms with Crippen molar-refractivity contribution in [2.75, 3.05) is 6.61 Å². The number of aliphatic hydroxyl groups is 4. The Morgan fingerprint density at radius 1 is 1.07 bits per heavy atom. The van der Waals surface area contributed by atoms with Gasteiger partial charge in [0.25, 0.3) is 0 Å². The molecule has 2 aliphatic rings. The molecule has 0 spiro atoms. The maximum atomic E-state index is 9.59. The fourth-order valence-corrected chi connectivity index (χ4v) is 1.96. The summed E-state index contributed by atoms with van der Waals surface area (Å²) in [5.41, 5.74) is 0. The van der Waals surface area contributed by atoms with Crippen molar-refractivity contribution >= 4 is 0 Å². The molecule has 6 nitrogen and oxygen atoms in total. The average molecular weight is 206 g/mol. The molecule has 6 atom stereocenters. The van der Waals surface area contributed by atoms with Gasteiger partial charge in [0.05, 0.1) is 12.7 Å². The average Bonchev–Trinajstić information content (AvgIpc) is 2.52. The highest BCUT2D eigenvalue weighted by molar-refractivity contribution is 4.96. The van der Waals surface area contributed by atoms with Crippen LogP contribution in [0.25, 0.3) is 0 Å². The first-order chi connectivity index (χ1) is 6.63. The molecule has 0 aromatic heterocycles. The van der Waals surface area contributed by atoms with Crippen molar-refractivity contribution in [3.8, 4) is 0 Å². The van der Waals surface area contributed by atoms with Gasteiger partial charge in [0.15, 0.2) is 6.29 Å². The van der Waals surface area contributed by atoms with Gasteiger partial charge in [-0.15, -0.1) is 0 Å². The van der Waals surface area contributed by atoms with Gasteiger partial charge >= 0.3 is 0 Å². The zero-order valence-corrected chi connectivity index (χ0v) is 7.48. The summed E-state index contributed by atoms with van der Waals surface area (Å²) in [6.45, 7) is -0.364. The molecule has 4 unspecified atom stereocenters. The molecule has 2 heterocycles. The summed E-state index contributed by atoms with van der Waals surface area (Å²) in [7, 11) is 0. The van der Waals surface area contributed by atoms with Gasteiger partial charge in [0.1, 0.15) is 24.4 Å². The number of hydrogen-bond donors (Lipinski definition) is 4. The van der Waals surface area contributed by atoms with E-state index in [9.17, 15) is 10.2 Å². The van der Waals surface area contributed by atoms with Crippen LogP contribution in [0.1, 0.15) is 6.42 Å². The second-order valence-electron chi connectivity index (χ2n) is 3.67. The lowest BCUT2D eigenvalue weighted by Crippen LogP contribution is -2.57. The van der Waals surface area contributed by atoms with Crippen LogP contribution in [-0.2, 0) is 9.47 Å². The van der Waals surface area contributed by atoms with Gasteiger partial charge in [-0.3, -0.25) is 0 Å².